The Hall–Kier alpha value is -3.95. The van der Waals surface area contributed by atoms with Gasteiger partial charge in [0.15, 0.2) is 5.82 Å². The van der Waals surface area contributed by atoms with Gasteiger partial charge in [-0.3, -0.25) is 19.4 Å². The summed E-state index contributed by atoms with van der Waals surface area (Å²) in [6.07, 6.45) is 0. The van der Waals surface area contributed by atoms with Gasteiger partial charge in [-0.2, -0.15) is 0 Å². The van der Waals surface area contributed by atoms with E-state index in [4.69, 9.17) is 4.99 Å². The van der Waals surface area contributed by atoms with Gasteiger partial charge in [0.05, 0.1) is 17.9 Å². The summed E-state index contributed by atoms with van der Waals surface area (Å²) in [5.41, 5.74) is 5.56. The molecule has 1 aliphatic rings. The van der Waals surface area contributed by atoms with E-state index in [2.05, 4.69) is 97.7 Å². The second-order valence-electron chi connectivity index (χ2n) is 13.3. The van der Waals surface area contributed by atoms with Crippen molar-refractivity contribution >= 4 is 29.1 Å². The second kappa shape index (κ2) is 12.7. The predicted molar refractivity (Wildman–Crippen MR) is 179 cm³/mol. The Bertz CT molecular complexity index is 1420. The van der Waals surface area contributed by atoms with Crippen LogP contribution in [0, 0.1) is 5.41 Å². The molecule has 5 heteroatoms. The van der Waals surface area contributed by atoms with E-state index in [1.165, 1.54) is 0 Å². The average molecular weight is 578 g/mol. The van der Waals surface area contributed by atoms with Gasteiger partial charge < -0.3 is 0 Å². The van der Waals surface area contributed by atoms with Crippen LogP contribution in [0.25, 0.3) is 0 Å². The first-order chi connectivity index (χ1) is 20.3. The van der Waals surface area contributed by atoms with Gasteiger partial charge in [-0.05, 0) is 65.3 Å². The largest absolute Gasteiger partial charge is 0.273 e. The minimum absolute atomic E-state index is 0.146. The fourth-order valence-corrected chi connectivity index (χ4v) is 5.78. The molecular formula is C38H47N3O2. The Balaban J connectivity index is 2.15. The average Bonchev–Trinajstić information content (AvgIpc) is 2.96. The third-order valence-electron chi connectivity index (χ3n) is 8.31. The summed E-state index contributed by atoms with van der Waals surface area (Å²) in [7, 11) is 0. The number of nitrogens with zero attached hydrogens (tertiary/aromatic N) is 3. The second-order valence-corrected chi connectivity index (χ2v) is 13.3. The van der Waals surface area contributed by atoms with E-state index in [1.807, 2.05) is 30.3 Å². The van der Waals surface area contributed by atoms with E-state index < -0.39 is 5.41 Å². The first-order valence-corrected chi connectivity index (χ1v) is 15.6. The minimum atomic E-state index is -1.32. The molecule has 0 N–H and O–H groups in total. The maximum absolute atomic E-state index is 14.6. The highest BCUT2D eigenvalue weighted by molar-refractivity contribution is 6.24. The number of aliphatic imine (C=N–C) groups is 1. The Morgan fingerprint density at radius 1 is 0.605 bits per heavy atom. The van der Waals surface area contributed by atoms with E-state index in [-0.39, 0.29) is 35.5 Å². The summed E-state index contributed by atoms with van der Waals surface area (Å²) >= 11 is 0. The number of carbonyl (C=O) groups excluding carboxylic acids is 2. The maximum atomic E-state index is 14.6. The standard InChI is InChI=1S/C38H47N3O2/c1-24(2)29-18-14-19-30(25(3)4)34(29)40-33(23-39-22-28-16-12-11-13-17-28)41(37(43)38(9,10)36(40)42)35-31(26(5)6)20-15-21-32(35)27(7)8/h11-21,24-27H,22H2,1-10H3. The van der Waals surface area contributed by atoms with Gasteiger partial charge in [0.1, 0.15) is 5.41 Å². The summed E-state index contributed by atoms with van der Waals surface area (Å²) in [5.74, 6) is 3.68. The molecule has 0 spiro atoms. The molecule has 1 saturated heterocycles. The van der Waals surface area contributed by atoms with Crippen LogP contribution in [0.2, 0.25) is 0 Å². The quantitative estimate of drug-likeness (QED) is 0.198. The van der Waals surface area contributed by atoms with Crippen LogP contribution in [0.3, 0.4) is 0 Å². The highest BCUT2D eigenvalue weighted by atomic mass is 16.2. The van der Waals surface area contributed by atoms with Gasteiger partial charge in [0.25, 0.3) is 0 Å². The van der Waals surface area contributed by atoms with Crippen LogP contribution in [-0.4, -0.2) is 17.7 Å². The topological polar surface area (TPSA) is 53.0 Å². The third kappa shape index (κ3) is 6.10. The molecule has 5 nitrogen and oxygen atoms in total. The lowest BCUT2D eigenvalue weighted by atomic mass is 9.83. The van der Waals surface area contributed by atoms with Gasteiger partial charge in [0, 0.05) is 5.87 Å². The lowest BCUT2D eigenvalue weighted by molar-refractivity contribution is -0.139. The molecule has 226 valence electrons. The molecule has 3 aromatic rings. The predicted octanol–water partition coefficient (Wildman–Crippen LogP) is 9.30. The Morgan fingerprint density at radius 2 is 0.977 bits per heavy atom. The molecule has 0 aliphatic carbocycles. The van der Waals surface area contributed by atoms with E-state index in [1.54, 1.807) is 23.6 Å². The molecule has 0 unspecified atom stereocenters. The highest BCUT2D eigenvalue weighted by Crippen LogP contribution is 2.46. The molecule has 0 aromatic heterocycles. The summed E-state index contributed by atoms with van der Waals surface area (Å²) in [5, 5.41) is 0. The van der Waals surface area contributed by atoms with Crippen molar-refractivity contribution < 1.29 is 9.59 Å². The van der Waals surface area contributed by atoms with Gasteiger partial charge in [0.2, 0.25) is 11.8 Å². The van der Waals surface area contributed by atoms with Crippen molar-refractivity contribution in [3.63, 3.8) is 0 Å². The van der Waals surface area contributed by atoms with E-state index in [0.717, 1.165) is 39.2 Å². The van der Waals surface area contributed by atoms with Crippen molar-refractivity contribution in [1.82, 2.24) is 0 Å². The van der Waals surface area contributed by atoms with Gasteiger partial charge in [-0.1, -0.05) is 122 Å². The monoisotopic (exact) mass is 577 g/mol. The minimum Gasteiger partial charge on any atom is -0.273 e. The SMILES string of the molecule is CC(C)c1cccc(C(C)C)c1N1C(=O)C(C)(C)C(=O)N(c2c(C(C)C)cccc2C(C)C)C1=C=NCc1ccccc1. The Labute approximate surface area is 258 Å². The number of anilines is 2. The zero-order chi connectivity index (χ0) is 31.6. The Kier molecular flexibility index (Phi) is 9.47. The van der Waals surface area contributed by atoms with Crippen LogP contribution < -0.4 is 9.80 Å². The summed E-state index contributed by atoms with van der Waals surface area (Å²) in [4.78, 5) is 37.5. The molecule has 43 heavy (non-hydrogen) atoms. The first-order valence-electron chi connectivity index (χ1n) is 15.6. The summed E-state index contributed by atoms with van der Waals surface area (Å²) < 4.78 is 0. The molecule has 4 rings (SSSR count). The molecule has 0 atom stereocenters. The molecule has 1 aliphatic heterocycles. The van der Waals surface area contributed by atoms with Crippen LogP contribution in [0.5, 0.6) is 0 Å². The maximum Gasteiger partial charge on any atom is 0.248 e. The first kappa shape index (κ1) is 32.0. The number of carbonyl (C=O) groups is 2. The van der Waals surface area contributed by atoms with Gasteiger partial charge in [-0.15, -0.1) is 0 Å². The number of benzene rings is 3. The van der Waals surface area contributed by atoms with Crippen LogP contribution in [0.15, 0.2) is 77.5 Å². The number of para-hydroxylation sites is 2. The van der Waals surface area contributed by atoms with E-state index >= 15 is 0 Å². The number of hydrogen-bond donors (Lipinski definition) is 0. The number of hydrogen-bond acceptors (Lipinski definition) is 3. The molecule has 0 radical (unpaired) electrons. The third-order valence-corrected chi connectivity index (χ3v) is 8.31. The highest BCUT2D eigenvalue weighted by Gasteiger charge is 2.52. The molecule has 2 amide bonds. The van der Waals surface area contributed by atoms with Crippen molar-refractivity contribution in [2.45, 2.75) is 99.5 Å². The molecule has 1 heterocycles. The van der Waals surface area contributed by atoms with Crippen molar-refractivity contribution in [3.05, 3.63) is 100 Å². The van der Waals surface area contributed by atoms with Gasteiger partial charge >= 0.3 is 0 Å². The van der Waals surface area contributed by atoms with Crippen LogP contribution in [0.4, 0.5) is 11.4 Å². The lowest BCUT2D eigenvalue weighted by Crippen LogP contribution is -2.60. The van der Waals surface area contributed by atoms with Crippen molar-refractivity contribution in [2.75, 3.05) is 9.80 Å². The molecule has 0 saturated carbocycles. The van der Waals surface area contributed by atoms with Crippen LogP contribution in [0.1, 0.15) is 121 Å². The molecule has 1 fully saturated rings. The molecule has 3 aromatic carbocycles. The van der Waals surface area contributed by atoms with E-state index in [9.17, 15) is 9.59 Å². The smallest absolute Gasteiger partial charge is 0.248 e. The summed E-state index contributed by atoms with van der Waals surface area (Å²) in [6.45, 7) is 21.0. The zero-order valence-electron chi connectivity index (χ0n) is 27.5. The van der Waals surface area contributed by atoms with E-state index in [0.29, 0.717) is 12.4 Å². The van der Waals surface area contributed by atoms with Crippen molar-refractivity contribution in [3.8, 4) is 0 Å². The Morgan fingerprint density at radius 3 is 1.33 bits per heavy atom. The van der Waals surface area contributed by atoms with Crippen molar-refractivity contribution in [1.29, 1.82) is 0 Å². The fourth-order valence-electron chi connectivity index (χ4n) is 5.78. The molecular weight excluding hydrogens is 530 g/mol. The van der Waals surface area contributed by atoms with Crippen LogP contribution >= 0.6 is 0 Å². The van der Waals surface area contributed by atoms with Crippen molar-refractivity contribution in [2.24, 2.45) is 10.4 Å². The lowest BCUT2D eigenvalue weighted by Gasteiger charge is -2.46. The van der Waals surface area contributed by atoms with Gasteiger partial charge in [-0.25, -0.2) is 4.99 Å². The number of amides is 2. The fraction of sp³-hybridized carbons (Fsp3) is 0.421. The summed E-state index contributed by atoms with van der Waals surface area (Å²) in [6, 6.07) is 22.5. The zero-order valence-corrected chi connectivity index (χ0v) is 27.5. The number of rotatable bonds is 8. The van der Waals surface area contributed by atoms with Crippen LogP contribution in [-0.2, 0) is 16.1 Å². The normalized spacial score (nSPS) is 15.3. The molecule has 0 bridgehead atoms.